The number of benzene rings is 1. The van der Waals surface area contributed by atoms with Crippen LogP contribution in [-0.2, 0) is 21.2 Å². The van der Waals surface area contributed by atoms with Gasteiger partial charge in [-0.15, -0.1) is 0 Å². The molecule has 1 amide bonds. The number of nitrogens with one attached hydrogen (secondary N) is 1. The molecular formula is C11H13Cl2NO3S. The molecule has 0 heterocycles. The van der Waals surface area contributed by atoms with E-state index in [2.05, 4.69) is 0 Å². The fraction of sp³-hybridized carbons (Fsp3) is 0.364. The monoisotopic (exact) mass is 309 g/mol. The summed E-state index contributed by atoms with van der Waals surface area (Å²) in [4.78, 5) is 11.6. The van der Waals surface area contributed by atoms with Gasteiger partial charge < -0.3 is 0 Å². The summed E-state index contributed by atoms with van der Waals surface area (Å²) in [5.41, 5.74) is 0.747. The van der Waals surface area contributed by atoms with Crippen molar-refractivity contribution in [2.24, 2.45) is 5.92 Å². The van der Waals surface area contributed by atoms with Crippen LogP contribution in [0.5, 0.6) is 0 Å². The highest BCUT2D eigenvalue weighted by atomic mass is 35.5. The minimum absolute atomic E-state index is 0.345. The van der Waals surface area contributed by atoms with Crippen molar-refractivity contribution >= 4 is 39.1 Å². The summed E-state index contributed by atoms with van der Waals surface area (Å²) in [7, 11) is -3.53. The second kappa shape index (κ2) is 5.91. The SMILES string of the molecule is C[C@@H](Cc1ccc(Cl)cc1Cl)C(=O)NS(C)(=O)=O. The average Bonchev–Trinajstić information content (AvgIpc) is 2.19. The van der Waals surface area contributed by atoms with Crippen molar-refractivity contribution in [3.05, 3.63) is 33.8 Å². The van der Waals surface area contributed by atoms with Crippen molar-refractivity contribution in [2.45, 2.75) is 13.3 Å². The lowest BCUT2D eigenvalue weighted by atomic mass is 10.0. The van der Waals surface area contributed by atoms with E-state index in [1.165, 1.54) is 0 Å². The van der Waals surface area contributed by atoms with Gasteiger partial charge in [0.1, 0.15) is 0 Å². The molecule has 1 rings (SSSR count). The first-order valence-electron chi connectivity index (χ1n) is 5.14. The van der Waals surface area contributed by atoms with Gasteiger partial charge in [0.25, 0.3) is 0 Å². The van der Waals surface area contributed by atoms with E-state index in [4.69, 9.17) is 23.2 Å². The summed E-state index contributed by atoms with van der Waals surface area (Å²) in [6.07, 6.45) is 1.28. The van der Waals surface area contributed by atoms with Gasteiger partial charge in [-0.3, -0.25) is 9.52 Å². The Morgan fingerprint density at radius 3 is 2.50 bits per heavy atom. The van der Waals surface area contributed by atoms with E-state index < -0.39 is 21.8 Å². The van der Waals surface area contributed by atoms with Crippen LogP contribution in [-0.4, -0.2) is 20.6 Å². The molecule has 0 aliphatic carbocycles. The standard InChI is InChI=1S/C11H13Cl2NO3S/c1-7(11(15)14-18(2,16)17)5-8-3-4-9(12)6-10(8)13/h3-4,6-7H,5H2,1-2H3,(H,14,15)/t7-/m0/s1. The summed E-state index contributed by atoms with van der Waals surface area (Å²) in [6, 6.07) is 4.97. The molecule has 100 valence electrons. The average molecular weight is 310 g/mol. The van der Waals surface area contributed by atoms with Crippen LogP contribution >= 0.6 is 23.2 Å². The Balaban J connectivity index is 2.75. The molecule has 0 fully saturated rings. The van der Waals surface area contributed by atoms with Gasteiger partial charge in [0.2, 0.25) is 15.9 Å². The van der Waals surface area contributed by atoms with Gasteiger partial charge in [-0.2, -0.15) is 0 Å². The first-order valence-corrected chi connectivity index (χ1v) is 7.79. The van der Waals surface area contributed by atoms with Gasteiger partial charge in [-0.1, -0.05) is 36.2 Å². The van der Waals surface area contributed by atoms with Crippen molar-refractivity contribution in [3.8, 4) is 0 Å². The third-order valence-corrected chi connectivity index (χ3v) is 3.43. The lowest BCUT2D eigenvalue weighted by Crippen LogP contribution is -2.34. The van der Waals surface area contributed by atoms with E-state index in [1.807, 2.05) is 4.72 Å². The molecule has 0 bridgehead atoms. The van der Waals surface area contributed by atoms with Gasteiger partial charge in [0.15, 0.2) is 0 Å². The third kappa shape index (κ3) is 4.84. The summed E-state index contributed by atoms with van der Waals surface area (Å²) in [6.45, 7) is 1.63. The Morgan fingerprint density at radius 1 is 1.39 bits per heavy atom. The van der Waals surface area contributed by atoms with Crippen LogP contribution in [0.3, 0.4) is 0 Å². The molecule has 1 N–H and O–H groups in total. The normalized spacial score (nSPS) is 13.1. The molecule has 1 aromatic rings. The van der Waals surface area contributed by atoms with Crippen molar-refractivity contribution in [1.29, 1.82) is 0 Å². The summed E-state index contributed by atoms with van der Waals surface area (Å²) >= 11 is 11.7. The number of amides is 1. The molecule has 0 saturated carbocycles. The van der Waals surface area contributed by atoms with Crippen LogP contribution in [0.15, 0.2) is 18.2 Å². The van der Waals surface area contributed by atoms with Crippen LogP contribution in [0, 0.1) is 5.92 Å². The zero-order chi connectivity index (χ0) is 13.9. The third-order valence-electron chi connectivity index (χ3n) is 2.27. The van der Waals surface area contributed by atoms with Crippen molar-refractivity contribution in [1.82, 2.24) is 4.72 Å². The minimum atomic E-state index is -3.53. The van der Waals surface area contributed by atoms with E-state index in [1.54, 1.807) is 25.1 Å². The summed E-state index contributed by atoms with van der Waals surface area (Å²) in [5.74, 6) is -1.05. The quantitative estimate of drug-likeness (QED) is 0.928. The van der Waals surface area contributed by atoms with Crippen molar-refractivity contribution in [2.75, 3.05) is 6.26 Å². The highest BCUT2D eigenvalue weighted by Crippen LogP contribution is 2.23. The Kier molecular flexibility index (Phi) is 5.01. The van der Waals surface area contributed by atoms with Gasteiger partial charge in [0, 0.05) is 16.0 Å². The Bertz CT molecular complexity index is 557. The molecule has 0 aliphatic heterocycles. The molecule has 1 atom stereocenters. The van der Waals surface area contributed by atoms with E-state index in [9.17, 15) is 13.2 Å². The van der Waals surface area contributed by atoms with Crippen molar-refractivity contribution < 1.29 is 13.2 Å². The maximum absolute atomic E-state index is 11.6. The van der Waals surface area contributed by atoms with Gasteiger partial charge in [-0.05, 0) is 24.1 Å². The fourth-order valence-electron chi connectivity index (χ4n) is 1.39. The molecule has 0 unspecified atom stereocenters. The molecule has 0 aromatic heterocycles. The lowest BCUT2D eigenvalue weighted by Gasteiger charge is -2.12. The smallest absolute Gasteiger partial charge is 0.236 e. The second-order valence-corrected chi connectivity index (χ2v) is 6.67. The van der Waals surface area contributed by atoms with Crippen LogP contribution < -0.4 is 4.72 Å². The predicted molar refractivity (Wildman–Crippen MR) is 72.3 cm³/mol. The molecule has 18 heavy (non-hydrogen) atoms. The molecule has 0 saturated heterocycles. The highest BCUT2D eigenvalue weighted by Gasteiger charge is 2.18. The largest absolute Gasteiger partial charge is 0.274 e. The zero-order valence-corrected chi connectivity index (χ0v) is 12.2. The highest BCUT2D eigenvalue weighted by molar-refractivity contribution is 7.89. The number of rotatable bonds is 4. The van der Waals surface area contributed by atoms with Gasteiger partial charge in [-0.25, -0.2) is 8.42 Å². The topological polar surface area (TPSA) is 63.2 Å². The fourth-order valence-corrected chi connectivity index (χ4v) is 2.45. The number of sulfonamides is 1. The van der Waals surface area contributed by atoms with E-state index >= 15 is 0 Å². The maximum Gasteiger partial charge on any atom is 0.236 e. The van der Waals surface area contributed by atoms with Crippen LogP contribution in [0.4, 0.5) is 0 Å². The first-order chi connectivity index (χ1) is 8.19. The number of carbonyl (C=O) groups is 1. The molecule has 1 aromatic carbocycles. The van der Waals surface area contributed by atoms with E-state index in [-0.39, 0.29) is 0 Å². The number of hydrogen-bond donors (Lipinski definition) is 1. The van der Waals surface area contributed by atoms with E-state index in [0.717, 1.165) is 11.8 Å². The van der Waals surface area contributed by atoms with Gasteiger partial charge in [0.05, 0.1) is 6.26 Å². The maximum atomic E-state index is 11.6. The number of carbonyl (C=O) groups excluding carboxylic acids is 1. The molecule has 4 nitrogen and oxygen atoms in total. The van der Waals surface area contributed by atoms with Gasteiger partial charge >= 0.3 is 0 Å². The Morgan fingerprint density at radius 2 is 2.00 bits per heavy atom. The first kappa shape index (κ1) is 15.3. The van der Waals surface area contributed by atoms with Crippen LogP contribution in [0.25, 0.3) is 0 Å². The number of hydrogen-bond acceptors (Lipinski definition) is 3. The van der Waals surface area contributed by atoms with Crippen LogP contribution in [0.2, 0.25) is 10.0 Å². The molecule has 0 aliphatic rings. The second-order valence-electron chi connectivity index (χ2n) is 4.08. The minimum Gasteiger partial charge on any atom is -0.274 e. The Hall–Kier alpha value is -0.780. The van der Waals surface area contributed by atoms with E-state index in [0.29, 0.717) is 16.5 Å². The number of halogens is 2. The van der Waals surface area contributed by atoms with Crippen molar-refractivity contribution in [3.63, 3.8) is 0 Å². The summed E-state index contributed by atoms with van der Waals surface area (Å²) in [5, 5.41) is 0.971. The molecule has 0 radical (unpaired) electrons. The Labute approximate surface area is 116 Å². The summed E-state index contributed by atoms with van der Waals surface area (Å²) < 4.78 is 23.8. The molecule has 7 heteroatoms. The molecular weight excluding hydrogens is 297 g/mol. The lowest BCUT2D eigenvalue weighted by molar-refractivity contribution is -0.122. The van der Waals surface area contributed by atoms with Crippen LogP contribution in [0.1, 0.15) is 12.5 Å². The predicted octanol–water partition coefficient (Wildman–Crippen LogP) is 2.25. The molecule has 0 spiro atoms. The zero-order valence-electron chi connectivity index (χ0n) is 9.91.